The standard InChI is InChI=1S/C10H14N6O/c1-7-2-5-16-8(6-7)14-10(15-16)13-4-3-12-9(11)17/h2,5-6H,3-4H2,1H3,(H,13,15)(H3,11,12,17). The molecule has 0 aliphatic carbocycles. The Morgan fingerprint density at radius 2 is 2.35 bits per heavy atom. The number of fused-ring (bicyclic) bond motifs is 1. The zero-order valence-corrected chi connectivity index (χ0v) is 9.47. The highest BCUT2D eigenvalue weighted by atomic mass is 16.2. The first-order valence-corrected chi connectivity index (χ1v) is 5.25. The predicted octanol–water partition coefficient (Wildman–Crippen LogP) is 0.118. The van der Waals surface area contributed by atoms with E-state index in [1.165, 1.54) is 0 Å². The molecular weight excluding hydrogens is 220 g/mol. The quantitative estimate of drug-likeness (QED) is 0.654. The number of hydrogen-bond acceptors (Lipinski definition) is 4. The van der Waals surface area contributed by atoms with Gasteiger partial charge >= 0.3 is 6.03 Å². The van der Waals surface area contributed by atoms with Crippen LogP contribution in [0.4, 0.5) is 10.7 Å². The van der Waals surface area contributed by atoms with E-state index in [0.717, 1.165) is 11.2 Å². The number of aryl methyl sites for hydroxylation is 1. The average molecular weight is 234 g/mol. The molecule has 17 heavy (non-hydrogen) atoms. The lowest BCUT2D eigenvalue weighted by Crippen LogP contribution is -2.33. The van der Waals surface area contributed by atoms with Crippen molar-refractivity contribution in [3.8, 4) is 0 Å². The van der Waals surface area contributed by atoms with E-state index in [0.29, 0.717) is 19.0 Å². The second-order valence-corrected chi connectivity index (χ2v) is 3.66. The number of nitrogens with one attached hydrogen (secondary N) is 2. The van der Waals surface area contributed by atoms with Gasteiger partial charge in [0.2, 0.25) is 5.95 Å². The number of carbonyl (C=O) groups excluding carboxylic acids is 1. The van der Waals surface area contributed by atoms with Gasteiger partial charge in [-0.1, -0.05) is 0 Å². The van der Waals surface area contributed by atoms with Crippen LogP contribution in [0.3, 0.4) is 0 Å². The lowest BCUT2D eigenvalue weighted by molar-refractivity contribution is 0.249. The molecule has 0 aliphatic rings. The SMILES string of the molecule is Cc1ccn2nc(NCCNC(N)=O)nc2c1. The third-order valence-corrected chi connectivity index (χ3v) is 2.20. The summed E-state index contributed by atoms with van der Waals surface area (Å²) in [6, 6.07) is 3.37. The maximum atomic E-state index is 10.4. The summed E-state index contributed by atoms with van der Waals surface area (Å²) in [6.07, 6.45) is 1.85. The van der Waals surface area contributed by atoms with Crippen LogP contribution in [0.25, 0.3) is 5.65 Å². The fourth-order valence-corrected chi connectivity index (χ4v) is 1.42. The molecule has 2 rings (SSSR count). The fourth-order valence-electron chi connectivity index (χ4n) is 1.42. The van der Waals surface area contributed by atoms with Crippen LogP contribution in [0.15, 0.2) is 18.3 Å². The van der Waals surface area contributed by atoms with Crippen LogP contribution >= 0.6 is 0 Å². The summed E-state index contributed by atoms with van der Waals surface area (Å²) in [5, 5.41) is 9.69. The van der Waals surface area contributed by atoms with Gasteiger partial charge in [0.15, 0.2) is 5.65 Å². The van der Waals surface area contributed by atoms with Crippen LogP contribution in [0.2, 0.25) is 0 Å². The number of rotatable bonds is 4. The van der Waals surface area contributed by atoms with Gasteiger partial charge in [-0.15, -0.1) is 5.10 Å². The highest BCUT2D eigenvalue weighted by Crippen LogP contribution is 2.06. The second kappa shape index (κ2) is 4.69. The number of amides is 2. The highest BCUT2D eigenvalue weighted by molar-refractivity contribution is 5.71. The average Bonchev–Trinajstić information content (AvgIpc) is 2.66. The van der Waals surface area contributed by atoms with Crippen LogP contribution in [0, 0.1) is 6.92 Å². The van der Waals surface area contributed by atoms with Gasteiger partial charge < -0.3 is 16.4 Å². The van der Waals surface area contributed by atoms with Crippen molar-refractivity contribution < 1.29 is 4.79 Å². The number of nitrogens with two attached hydrogens (primary N) is 1. The van der Waals surface area contributed by atoms with E-state index in [-0.39, 0.29) is 0 Å². The van der Waals surface area contributed by atoms with E-state index in [2.05, 4.69) is 20.7 Å². The van der Waals surface area contributed by atoms with E-state index < -0.39 is 6.03 Å². The molecule has 0 radical (unpaired) electrons. The van der Waals surface area contributed by atoms with Crippen LogP contribution in [-0.4, -0.2) is 33.7 Å². The maximum absolute atomic E-state index is 10.4. The van der Waals surface area contributed by atoms with Crippen LogP contribution in [0.1, 0.15) is 5.56 Å². The van der Waals surface area contributed by atoms with Gasteiger partial charge in [-0.2, -0.15) is 4.98 Å². The topological polar surface area (TPSA) is 97.3 Å². The molecule has 2 aromatic heterocycles. The molecule has 0 fully saturated rings. The van der Waals surface area contributed by atoms with Gasteiger partial charge in [0.05, 0.1) is 0 Å². The van der Waals surface area contributed by atoms with Crippen LogP contribution < -0.4 is 16.4 Å². The van der Waals surface area contributed by atoms with Crippen molar-refractivity contribution >= 4 is 17.6 Å². The summed E-state index contributed by atoms with van der Waals surface area (Å²) in [4.78, 5) is 14.7. The first-order valence-electron chi connectivity index (χ1n) is 5.25. The maximum Gasteiger partial charge on any atom is 0.312 e. The second-order valence-electron chi connectivity index (χ2n) is 3.66. The molecule has 0 saturated carbocycles. The summed E-state index contributed by atoms with van der Waals surface area (Å²) >= 11 is 0. The molecule has 2 amide bonds. The third kappa shape index (κ3) is 2.83. The molecule has 0 unspecified atom stereocenters. The van der Waals surface area contributed by atoms with E-state index >= 15 is 0 Å². The number of carbonyl (C=O) groups is 1. The molecule has 2 aromatic rings. The Morgan fingerprint density at radius 3 is 3.12 bits per heavy atom. The van der Waals surface area contributed by atoms with Crippen molar-refractivity contribution in [2.45, 2.75) is 6.92 Å². The number of anilines is 1. The molecule has 90 valence electrons. The van der Waals surface area contributed by atoms with Gasteiger partial charge in [0.25, 0.3) is 0 Å². The summed E-state index contributed by atoms with van der Waals surface area (Å²) < 4.78 is 1.69. The minimum Gasteiger partial charge on any atom is -0.352 e. The smallest absolute Gasteiger partial charge is 0.312 e. The van der Waals surface area contributed by atoms with Gasteiger partial charge in [-0.05, 0) is 24.6 Å². The van der Waals surface area contributed by atoms with Crippen molar-refractivity contribution in [3.05, 3.63) is 23.9 Å². The largest absolute Gasteiger partial charge is 0.352 e. The van der Waals surface area contributed by atoms with E-state index in [1.807, 2.05) is 25.3 Å². The Hall–Kier alpha value is -2.31. The molecule has 4 N–H and O–H groups in total. The molecule has 2 heterocycles. The minimum atomic E-state index is -0.537. The molecule has 0 aromatic carbocycles. The number of primary amides is 1. The zero-order valence-electron chi connectivity index (χ0n) is 9.47. The predicted molar refractivity (Wildman–Crippen MR) is 63.8 cm³/mol. The van der Waals surface area contributed by atoms with Gasteiger partial charge in [0, 0.05) is 19.3 Å². The number of pyridine rings is 1. The molecule has 0 atom stereocenters. The van der Waals surface area contributed by atoms with Gasteiger partial charge in [0.1, 0.15) is 0 Å². The van der Waals surface area contributed by atoms with Crippen molar-refractivity contribution in [1.29, 1.82) is 0 Å². The third-order valence-electron chi connectivity index (χ3n) is 2.20. The van der Waals surface area contributed by atoms with E-state index in [1.54, 1.807) is 4.52 Å². The summed E-state index contributed by atoms with van der Waals surface area (Å²) in [7, 11) is 0. The normalized spacial score (nSPS) is 10.4. The fraction of sp³-hybridized carbons (Fsp3) is 0.300. The molecule has 0 spiro atoms. The van der Waals surface area contributed by atoms with Crippen LogP contribution in [0.5, 0.6) is 0 Å². The zero-order chi connectivity index (χ0) is 12.3. The monoisotopic (exact) mass is 234 g/mol. The Kier molecular flexibility index (Phi) is 3.08. The molecule has 0 aliphatic heterocycles. The number of nitrogens with zero attached hydrogens (tertiary/aromatic N) is 3. The van der Waals surface area contributed by atoms with Crippen LogP contribution in [-0.2, 0) is 0 Å². The molecule has 7 heteroatoms. The first kappa shape index (κ1) is 11.2. The number of hydrogen-bond donors (Lipinski definition) is 3. The Morgan fingerprint density at radius 1 is 1.53 bits per heavy atom. The van der Waals surface area contributed by atoms with Crippen molar-refractivity contribution in [1.82, 2.24) is 19.9 Å². The highest BCUT2D eigenvalue weighted by Gasteiger charge is 2.02. The summed E-state index contributed by atoms with van der Waals surface area (Å²) in [5.74, 6) is 0.530. The Balaban J connectivity index is 1.97. The molecule has 7 nitrogen and oxygen atoms in total. The summed E-state index contributed by atoms with van der Waals surface area (Å²) in [6.45, 7) is 2.96. The van der Waals surface area contributed by atoms with Crippen molar-refractivity contribution in [2.24, 2.45) is 5.73 Å². The van der Waals surface area contributed by atoms with Crippen molar-refractivity contribution in [2.75, 3.05) is 18.4 Å². The van der Waals surface area contributed by atoms with Crippen molar-refractivity contribution in [3.63, 3.8) is 0 Å². The first-order chi connectivity index (χ1) is 8.15. The Labute approximate surface area is 98.0 Å². The summed E-state index contributed by atoms with van der Waals surface area (Å²) in [5.41, 5.74) is 6.86. The number of aromatic nitrogens is 3. The van der Waals surface area contributed by atoms with E-state index in [4.69, 9.17) is 5.73 Å². The van der Waals surface area contributed by atoms with Gasteiger partial charge in [-0.25, -0.2) is 9.31 Å². The molecule has 0 saturated heterocycles. The minimum absolute atomic E-state index is 0.434. The molecular formula is C10H14N6O. The van der Waals surface area contributed by atoms with Gasteiger partial charge in [-0.3, -0.25) is 0 Å². The van der Waals surface area contributed by atoms with E-state index in [9.17, 15) is 4.79 Å². The molecule has 0 bridgehead atoms. The number of urea groups is 1. The Bertz CT molecular complexity index is 535. The lowest BCUT2D eigenvalue weighted by atomic mass is 10.3. The lowest BCUT2D eigenvalue weighted by Gasteiger charge is -2.01.